The Bertz CT molecular complexity index is 519. The summed E-state index contributed by atoms with van der Waals surface area (Å²) >= 11 is 0. The van der Waals surface area contributed by atoms with Gasteiger partial charge in [-0.25, -0.2) is 8.42 Å². The van der Waals surface area contributed by atoms with Crippen molar-refractivity contribution in [2.75, 3.05) is 16.3 Å². The molecule has 0 radical (unpaired) electrons. The summed E-state index contributed by atoms with van der Waals surface area (Å²) in [6, 6.07) is 6.58. The Kier molecular flexibility index (Phi) is 5.35. The van der Waals surface area contributed by atoms with Gasteiger partial charge in [0.25, 0.3) is 0 Å². The van der Waals surface area contributed by atoms with E-state index in [1.165, 1.54) is 0 Å². The molecule has 0 aliphatic rings. The second kappa shape index (κ2) is 6.56. The molecule has 0 bridgehead atoms. The molecule has 106 valence electrons. The summed E-state index contributed by atoms with van der Waals surface area (Å²) in [5.74, 6) is 0.00245. The Balaban J connectivity index is 2.69. The predicted octanol–water partition coefficient (Wildman–Crippen LogP) is 2.43. The summed E-state index contributed by atoms with van der Waals surface area (Å²) in [6.07, 6.45) is 2.70. The summed E-state index contributed by atoms with van der Waals surface area (Å²) < 4.78 is 24.5. The van der Waals surface area contributed by atoms with Gasteiger partial charge < -0.3 is 5.32 Å². The van der Waals surface area contributed by atoms with Crippen molar-refractivity contribution >= 4 is 27.3 Å². The Labute approximate surface area is 114 Å². The highest BCUT2D eigenvalue weighted by Crippen LogP contribution is 2.16. The third kappa shape index (κ3) is 5.30. The molecule has 0 spiro atoms. The molecule has 0 aliphatic heterocycles. The first kappa shape index (κ1) is 15.5. The van der Waals surface area contributed by atoms with Gasteiger partial charge in [-0.1, -0.05) is 13.8 Å². The largest absolute Gasteiger partial charge is 0.326 e. The van der Waals surface area contributed by atoms with Crippen molar-refractivity contribution in [1.82, 2.24) is 0 Å². The van der Waals surface area contributed by atoms with E-state index in [1.54, 1.807) is 24.3 Å². The van der Waals surface area contributed by atoms with Gasteiger partial charge in [-0.15, -0.1) is 0 Å². The SMILES string of the molecule is CCC(CC)C(=O)Nc1ccc(NS(C)(=O)=O)cc1. The van der Waals surface area contributed by atoms with Gasteiger partial charge in [0.15, 0.2) is 0 Å². The van der Waals surface area contributed by atoms with Crippen molar-refractivity contribution in [2.45, 2.75) is 26.7 Å². The van der Waals surface area contributed by atoms with Crippen LogP contribution in [0.1, 0.15) is 26.7 Å². The lowest BCUT2D eigenvalue weighted by Crippen LogP contribution is -2.21. The van der Waals surface area contributed by atoms with E-state index in [9.17, 15) is 13.2 Å². The Hall–Kier alpha value is -1.56. The minimum absolute atomic E-state index is 0.00572. The molecule has 0 fully saturated rings. The lowest BCUT2D eigenvalue weighted by Gasteiger charge is -2.13. The van der Waals surface area contributed by atoms with Crippen molar-refractivity contribution in [3.63, 3.8) is 0 Å². The van der Waals surface area contributed by atoms with Crippen LogP contribution in [0.5, 0.6) is 0 Å². The maximum absolute atomic E-state index is 11.9. The quantitative estimate of drug-likeness (QED) is 0.842. The molecule has 0 aromatic heterocycles. The smallest absolute Gasteiger partial charge is 0.229 e. The van der Waals surface area contributed by atoms with E-state index in [1.807, 2.05) is 13.8 Å². The maximum atomic E-state index is 11.9. The van der Waals surface area contributed by atoms with E-state index in [2.05, 4.69) is 10.0 Å². The molecule has 1 aromatic rings. The van der Waals surface area contributed by atoms with Crippen LogP contribution in [0.2, 0.25) is 0 Å². The third-order valence-electron chi connectivity index (χ3n) is 2.81. The molecule has 1 amide bonds. The van der Waals surface area contributed by atoms with Gasteiger partial charge >= 0.3 is 0 Å². The minimum atomic E-state index is -3.27. The number of carbonyl (C=O) groups is 1. The molecule has 0 atom stereocenters. The first-order chi connectivity index (χ1) is 8.85. The average molecular weight is 284 g/mol. The second-order valence-electron chi connectivity index (χ2n) is 4.45. The van der Waals surface area contributed by atoms with Gasteiger partial charge in [-0.2, -0.15) is 0 Å². The number of sulfonamides is 1. The van der Waals surface area contributed by atoms with E-state index >= 15 is 0 Å². The minimum Gasteiger partial charge on any atom is -0.326 e. The van der Waals surface area contributed by atoms with Crippen LogP contribution in [0.25, 0.3) is 0 Å². The van der Waals surface area contributed by atoms with Crippen molar-refractivity contribution in [1.29, 1.82) is 0 Å². The number of amides is 1. The lowest BCUT2D eigenvalue weighted by atomic mass is 10.0. The molecule has 19 heavy (non-hydrogen) atoms. The molecule has 0 saturated carbocycles. The van der Waals surface area contributed by atoms with Crippen LogP contribution in [-0.4, -0.2) is 20.6 Å². The summed E-state index contributed by atoms with van der Waals surface area (Å²) in [5.41, 5.74) is 1.14. The second-order valence-corrected chi connectivity index (χ2v) is 6.20. The number of anilines is 2. The summed E-state index contributed by atoms with van der Waals surface area (Å²) in [7, 11) is -3.27. The number of rotatable bonds is 6. The van der Waals surface area contributed by atoms with Gasteiger partial charge in [0.05, 0.1) is 6.26 Å². The van der Waals surface area contributed by atoms with Crippen molar-refractivity contribution < 1.29 is 13.2 Å². The summed E-state index contributed by atoms with van der Waals surface area (Å²) in [4.78, 5) is 11.9. The van der Waals surface area contributed by atoms with Gasteiger partial charge in [-0.05, 0) is 37.1 Å². The van der Waals surface area contributed by atoms with Gasteiger partial charge in [0.1, 0.15) is 0 Å². The van der Waals surface area contributed by atoms with E-state index in [0.29, 0.717) is 11.4 Å². The number of benzene rings is 1. The molecule has 1 aromatic carbocycles. The molecule has 1 rings (SSSR count). The van der Waals surface area contributed by atoms with Gasteiger partial charge in [0, 0.05) is 17.3 Å². The van der Waals surface area contributed by atoms with E-state index in [4.69, 9.17) is 0 Å². The topological polar surface area (TPSA) is 75.3 Å². The first-order valence-electron chi connectivity index (χ1n) is 6.24. The average Bonchev–Trinajstić information content (AvgIpc) is 2.31. The highest BCUT2D eigenvalue weighted by molar-refractivity contribution is 7.92. The monoisotopic (exact) mass is 284 g/mol. The summed E-state index contributed by atoms with van der Waals surface area (Å²) in [5, 5.41) is 2.82. The predicted molar refractivity (Wildman–Crippen MR) is 77.6 cm³/mol. The fourth-order valence-electron chi connectivity index (χ4n) is 1.74. The zero-order chi connectivity index (χ0) is 14.5. The Morgan fingerprint density at radius 1 is 1.11 bits per heavy atom. The van der Waals surface area contributed by atoms with Crippen LogP contribution in [0.4, 0.5) is 11.4 Å². The summed E-state index contributed by atoms with van der Waals surface area (Å²) in [6.45, 7) is 3.96. The zero-order valence-corrected chi connectivity index (χ0v) is 12.3. The molecule has 0 heterocycles. The number of carbonyl (C=O) groups excluding carboxylic acids is 1. The number of nitrogens with one attached hydrogen (secondary N) is 2. The van der Waals surface area contributed by atoms with Crippen molar-refractivity contribution in [3.05, 3.63) is 24.3 Å². The maximum Gasteiger partial charge on any atom is 0.229 e. The first-order valence-corrected chi connectivity index (χ1v) is 8.13. The fraction of sp³-hybridized carbons (Fsp3) is 0.462. The van der Waals surface area contributed by atoms with Crippen LogP contribution < -0.4 is 10.0 Å². The third-order valence-corrected chi connectivity index (χ3v) is 3.42. The van der Waals surface area contributed by atoms with Gasteiger partial charge in [0.2, 0.25) is 15.9 Å². The Morgan fingerprint density at radius 3 is 2.00 bits per heavy atom. The van der Waals surface area contributed by atoms with E-state index in [-0.39, 0.29) is 11.8 Å². The molecule has 0 unspecified atom stereocenters. The van der Waals surface area contributed by atoms with Crippen LogP contribution in [0.15, 0.2) is 24.3 Å². The number of hydrogen-bond donors (Lipinski definition) is 2. The molecule has 0 saturated heterocycles. The van der Waals surface area contributed by atoms with Crippen LogP contribution in [-0.2, 0) is 14.8 Å². The van der Waals surface area contributed by atoms with Crippen LogP contribution >= 0.6 is 0 Å². The van der Waals surface area contributed by atoms with Crippen molar-refractivity contribution in [2.24, 2.45) is 5.92 Å². The van der Waals surface area contributed by atoms with E-state index < -0.39 is 10.0 Å². The molecule has 6 heteroatoms. The highest BCUT2D eigenvalue weighted by Gasteiger charge is 2.13. The molecule has 5 nitrogen and oxygen atoms in total. The highest BCUT2D eigenvalue weighted by atomic mass is 32.2. The molecule has 0 aliphatic carbocycles. The normalized spacial score (nSPS) is 11.4. The molecular weight excluding hydrogens is 264 g/mol. The molecule has 2 N–H and O–H groups in total. The zero-order valence-electron chi connectivity index (χ0n) is 11.4. The van der Waals surface area contributed by atoms with Crippen LogP contribution in [0.3, 0.4) is 0 Å². The Morgan fingerprint density at radius 2 is 1.58 bits per heavy atom. The van der Waals surface area contributed by atoms with E-state index in [0.717, 1.165) is 19.1 Å². The molecular formula is C13H20N2O3S. The van der Waals surface area contributed by atoms with Crippen molar-refractivity contribution in [3.8, 4) is 0 Å². The fourth-order valence-corrected chi connectivity index (χ4v) is 2.30. The standard InChI is InChI=1S/C13H20N2O3S/c1-4-10(5-2)13(16)14-11-6-8-12(9-7-11)15-19(3,17)18/h6-10,15H,4-5H2,1-3H3,(H,14,16). The van der Waals surface area contributed by atoms with Gasteiger partial charge in [-0.3, -0.25) is 9.52 Å². The van der Waals surface area contributed by atoms with Crippen LogP contribution in [0, 0.1) is 5.92 Å². The number of hydrogen-bond acceptors (Lipinski definition) is 3. The lowest BCUT2D eigenvalue weighted by molar-refractivity contribution is -0.120.